The van der Waals surface area contributed by atoms with Gasteiger partial charge in [0.15, 0.2) is 0 Å². The Labute approximate surface area is 188 Å². The van der Waals surface area contributed by atoms with Gasteiger partial charge in [0.1, 0.15) is 23.6 Å². The number of benzene rings is 3. The maximum atomic E-state index is 14.2. The third-order valence-electron chi connectivity index (χ3n) is 5.79. The van der Waals surface area contributed by atoms with Gasteiger partial charge in [-0.3, -0.25) is 5.10 Å². The lowest BCUT2D eigenvalue weighted by atomic mass is 10.0. The van der Waals surface area contributed by atoms with Crippen molar-refractivity contribution in [2.45, 2.75) is 0 Å². The van der Waals surface area contributed by atoms with E-state index in [0.29, 0.717) is 5.75 Å². The number of hydrogen-bond acceptors (Lipinski definition) is 4. The molecule has 7 heteroatoms. The number of methoxy groups -OCH3 is 1. The molecule has 160 valence electrons. The minimum Gasteiger partial charge on any atom is -0.497 e. The van der Waals surface area contributed by atoms with Crippen LogP contribution < -0.4 is 4.74 Å². The molecular formula is C26H18FN5O. The second kappa shape index (κ2) is 7.56. The zero-order valence-electron chi connectivity index (χ0n) is 17.6. The van der Waals surface area contributed by atoms with E-state index in [4.69, 9.17) is 4.74 Å². The van der Waals surface area contributed by atoms with E-state index in [1.54, 1.807) is 12.4 Å². The van der Waals surface area contributed by atoms with Gasteiger partial charge in [-0.25, -0.2) is 14.4 Å². The van der Waals surface area contributed by atoms with Crippen molar-refractivity contribution in [3.63, 3.8) is 0 Å². The van der Waals surface area contributed by atoms with Gasteiger partial charge >= 0.3 is 0 Å². The summed E-state index contributed by atoms with van der Waals surface area (Å²) in [5.41, 5.74) is 7.15. The Hall–Kier alpha value is -4.52. The number of aromatic nitrogens is 5. The molecule has 0 radical (unpaired) electrons. The highest BCUT2D eigenvalue weighted by Crippen LogP contribution is 2.36. The van der Waals surface area contributed by atoms with Crippen molar-refractivity contribution in [2.24, 2.45) is 0 Å². The summed E-state index contributed by atoms with van der Waals surface area (Å²) in [5.74, 6) is 0.140. The average Bonchev–Trinajstić information content (AvgIpc) is 3.47. The van der Waals surface area contributed by atoms with Crippen molar-refractivity contribution in [3.8, 4) is 39.4 Å². The Morgan fingerprint density at radius 1 is 0.818 bits per heavy atom. The summed E-state index contributed by atoms with van der Waals surface area (Å²) >= 11 is 0. The lowest BCUT2D eigenvalue weighted by molar-refractivity contribution is 0.411. The van der Waals surface area contributed by atoms with E-state index in [1.165, 1.54) is 25.6 Å². The van der Waals surface area contributed by atoms with Crippen LogP contribution in [0.4, 0.5) is 4.39 Å². The molecule has 0 atom stereocenters. The molecule has 33 heavy (non-hydrogen) atoms. The van der Waals surface area contributed by atoms with E-state index in [0.717, 1.165) is 55.4 Å². The van der Waals surface area contributed by atoms with Crippen molar-refractivity contribution in [1.29, 1.82) is 0 Å². The molecule has 0 saturated heterocycles. The Morgan fingerprint density at radius 3 is 2.55 bits per heavy atom. The second-order valence-corrected chi connectivity index (χ2v) is 7.79. The van der Waals surface area contributed by atoms with E-state index in [9.17, 15) is 4.39 Å². The first kappa shape index (κ1) is 19.2. The number of hydrogen-bond donors (Lipinski definition) is 2. The van der Waals surface area contributed by atoms with Gasteiger partial charge in [0, 0.05) is 40.3 Å². The molecule has 3 aromatic carbocycles. The molecule has 0 unspecified atom stereocenters. The number of fused-ring (bicyclic) bond motifs is 2. The van der Waals surface area contributed by atoms with Gasteiger partial charge in [0.2, 0.25) is 0 Å². The minimum atomic E-state index is -0.340. The van der Waals surface area contributed by atoms with Crippen LogP contribution in [-0.2, 0) is 0 Å². The standard InChI is InChI=1S/C26H18FN5O/c1-33-19-8-16(7-18(27)10-19)20-3-2-4-23-21(20)11-25(30-23)26-22-9-15(5-6-24(22)31-32-26)17-12-28-14-29-13-17/h2-14,30H,1H3,(H,31,32). The molecule has 0 spiro atoms. The summed E-state index contributed by atoms with van der Waals surface area (Å²) in [6.07, 6.45) is 5.09. The maximum Gasteiger partial charge on any atom is 0.127 e. The van der Waals surface area contributed by atoms with E-state index in [2.05, 4.69) is 37.3 Å². The van der Waals surface area contributed by atoms with Crippen molar-refractivity contribution >= 4 is 21.8 Å². The number of rotatable bonds is 4. The fourth-order valence-electron chi connectivity index (χ4n) is 4.22. The number of halogens is 1. The Bertz CT molecular complexity index is 1620. The number of ether oxygens (including phenoxy) is 1. The average molecular weight is 435 g/mol. The van der Waals surface area contributed by atoms with Crippen LogP contribution in [0.3, 0.4) is 0 Å². The largest absolute Gasteiger partial charge is 0.497 e. The molecule has 0 aliphatic rings. The van der Waals surface area contributed by atoms with Gasteiger partial charge in [0.25, 0.3) is 0 Å². The van der Waals surface area contributed by atoms with E-state index < -0.39 is 0 Å². The van der Waals surface area contributed by atoms with Gasteiger partial charge < -0.3 is 9.72 Å². The molecule has 3 heterocycles. The fraction of sp³-hybridized carbons (Fsp3) is 0.0385. The SMILES string of the molecule is COc1cc(F)cc(-c2cccc3[nH]c(-c4n[nH]c5ccc(-c6cncnc6)cc45)cc23)c1. The quantitative estimate of drug-likeness (QED) is 0.357. The summed E-state index contributed by atoms with van der Waals surface area (Å²) in [6.45, 7) is 0. The fourth-order valence-corrected chi connectivity index (χ4v) is 4.22. The zero-order chi connectivity index (χ0) is 22.4. The summed E-state index contributed by atoms with van der Waals surface area (Å²) in [6, 6.07) is 18.8. The predicted molar refractivity (Wildman–Crippen MR) is 126 cm³/mol. The van der Waals surface area contributed by atoms with Crippen molar-refractivity contribution in [1.82, 2.24) is 25.1 Å². The van der Waals surface area contributed by atoms with Gasteiger partial charge in [0.05, 0.1) is 18.3 Å². The van der Waals surface area contributed by atoms with Crippen LogP contribution in [0.25, 0.3) is 55.4 Å². The molecule has 2 N–H and O–H groups in total. The van der Waals surface area contributed by atoms with Crippen LogP contribution in [0.15, 0.2) is 79.4 Å². The summed E-state index contributed by atoms with van der Waals surface area (Å²) in [4.78, 5) is 11.7. The van der Waals surface area contributed by atoms with E-state index in [-0.39, 0.29) is 5.82 Å². The first-order valence-corrected chi connectivity index (χ1v) is 10.4. The summed E-state index contributed by atoms with van der Waals surface area (Å²) in [5, 5.41) is 9.64. The van der Waals surface area contributed by atoms with Crippen LogP contribution in [0.5, 0.6) is 5.75 Å². The first-order chi connectivity index (χ1) is 16.2. The second-order valence-electron chi connectivity index (χ2n) is 7.79. The normalized spacial score (nSPS) is 11.3. The molecular weight excluding hydrogens is 417 g/mol. The van der Waals surface area contributed by atoms with Crippen LogP contribution in [-0.4, -0.2) is 32.3 Å². The molecule has 6 nitrogen and oxygen atoms in total. The van der Waals surface area contributed by atoms with Gasteiger partial charge in [-0.2, -0.15) is 5.10 Å². The number of H-pyrrole nitrogens is 2. The Morgan fingerprint density at radius 2 is 1.70 bits per heavy atom. The van der Waals surface area contributed by atoms with E-state index in [1.807, 2.05) is 36.4 Å². The number of nitrogens with zero attached hydrogens (tertiary/aromatic N) is 3. The minimum absolute atomic E-state index is 0.340. The lowest BCUT2D eigenvalue weighted by Crippen LogP contribution is -1.87. The summed E-state index contributed by atoms with van der Waals surface area (Å²) < 4.78 is 19.4. The van der Waals surface area contributed by atoms with Gasteiger partial charge in [-0.15, -0.1) is 0 Å². The first-order valence-electron chi connectivity index (χ1n) is 10.4. The van der Waals surface area contributed by atoms with Crippen molar-refractivity contribution in [3.05, 3.63) is 85.2 Å². The molecule has 0 saturated carbocycles. The molecule has 0 aliphatic carbocycles. The zero-order valence-corrected chi connectivity index (χ0v) is 17.6. The van der Waals surface area contributed by atoms with Crippen LogP contribution in [0.2, 0.25) is 0 Å². The number of nitrogens with one attached hydrogen (secondary N) is 2. The molecule has 0 bridgehead atoms. The smallest absolute Gasteiger partial charge is 0.127 e. The van der Waals surface area contributed by atoms with Crippen LogP contribution >= 0.6 is 0 Å². The maximum absolute atomic E-state index is 14.2. The molecule has 6 rings (SSSR count). The molecule has 0 amide bonds. The molecule has 3 aromatic heterocycles. The predicted octanol–water partition coefficient (Wildman–Crippen LogP) is 5.98. The van der Waals surface area contributed by atoms with Crippen LogP contribution in [0.1, 0.15) is 0 Å². The Kier molecular flexibility index (Phi) is 4.40. The molecule has 0 fully saturated rings. The summed E-state index contributed by atoms with van der Waals surface area (Å²) in [7, 11) is 1.53. The van der Waals surface area contributed by atoms with Gasteiger partial charge in [-0.1, -0.05) is 18.2 Å². The third kappa shape index (κ3) is 3.30. The van der Waals surface area contributed by atoms with Crippen LogP contribution in [0, 0.1) is 5.82 Å². The third-order valence-corrected chi connectivity index (χ3v) is 5.79. The monoisotopic (exact) mass is 435 g/mol. The van der Waals surface area contributed by atoms with Gasteiger partial charge in [-0.05, 0) is 53.1 Å². The van der Waals surface area contributed by atoms with Crippen molar-refractivity contribution in [2.75, 3.05) is 7.11 Å². The highest BCUT2D eigenvalue weighted by atomic mass is 19.1. The Balaban J connectivity index is 1.50. The van der Waals surface area contributed by atoms with Crippen molar-refractivity contribution < 1.29 is 9.13 Å². The highest BCUT2D eigenvalue weighted by Gasteiger charge is 2.15. The molecule has 0 aliphatic heterocycles. The van der Waals surface area contributed by atoms with E-state index >= 15 is 0 Å². The molecule has 6 aromatic rings. The topological polar surface area (TPSA) is 79.5 Å². The number of aromatic amines is 2. The lowest BCUT2D eigenvalue weighted by Gasteiger charge is -2.07. The highest BCUT2D eigenvalue weighted by molar-refractivity contribution is 6.01.